The molecule has 0 aromatic carbocycles. The van der Waals surface area contributed by atoms with E-state index >= 15 is 0 Å². The number of likely N-dealkylation sites (tertiary alicyclic amines) is 1. The summed E-state index contributed by atoms with van der Waals surface area (Å²) in [5.41, 5.74) is 0.990. The lowest BCUT2D eigenvalue weighted by atomic mass is 9.95. The first-order chi connectivity index (χ1) is 9.25. The first-order valence-electron chi connectivity index (χ1n) is 7.35. The molecule has 0 amide bonds. The molecule has 0 atom stereocenters. The molecule has 104 valence electrons. The second-order valence-electron chi connectivity index (χ2n) is 5.66. The van der Waals surface area contributed by atoms with Crippen LogP contribution in [0.4, 0.5) is 0 Å². The van der Waals surface area contributed by atoms with E-state index in [4.69, 9.17) is 4.42 Å². The van der Waals surface area contributed by atoms with Crippen LogP contribution in [-0.4, -0.2) is 23.1 Å². The molecule has 0 radical (unpaired) electrons. The summed E-state index contributed by atoms with van der Waals surface area (Å²) < 4.78 is 5.41. The van der Waals surface area contributed by atoms with Crippen molar-refractivity contribution < 1.29 is 9.52 Å². The molecular formula is C15H21NO3. The molecule has 4 heteroatoms. The summed E-state index contributed by atoms with van der Waals surface area (Å²) >= 11 is 0. The van der Waals surface area contributed by atoms with Crippen molar-refractivity contribution in [2.24, 2.45) is 0 Å². The highest BCUT2D eigenvalue weighted by Gasteiger charge is 2.23. The van der Waals surface area contributed by atoms with Crippen LogP contribution in [0.25, 0.3) is 0 Å². The molecule has 1 N–H and O–H groups in total. The Morgan fingerprint density at radius 2 is 1.79 bits per heavy atom. The van der Waals surface area contributed by atoms with Gasteiger partial charge in [-0.3, -0.25) is 4.90 Å². The monoisotopic (exact) mass is 263 g/mol. The molecule has 19 heavy (non-hydrogen) atoms. The Morgan fingerprint density at radius 3 is 2.58 bits per heavy atom. The van der Waals surface area contributed by atoms with Gasteiger partial charge in [-0.1, -0.05) is 6.42 Å². The van der Waals surface area contributed by atoms with E-state index < -0.39 is 0 Å². The number of nitrogens with zero attached hydrogens (tertiary/aromatic N) is 1. The van der Waals surface area contributed by atoms with Crippen molar-refractivity contribution in [1.82, 2.24) is 4.90 Å². The average molecular weight is 263 g/mol. The molecule has 3 rings (SSSR count). The minimum absolute atomic E-state index is 0.205. The number of hydrogen-bond acceptors (Lipinski definition) is 4. The van der Waals surface area contributed by atoms with Crippen molar-refractivity contribution in [3.8, 4) is 5.75 Å². The first kappa shape index (κ1) is 12.7. The van der Waals surface area contributed by atoms with E-state index in [1.54, 1.807) is 0 Å². The summed E-state index contributed by atoms with van der Waals surface area (Å²) in [6.45, 7) is 2.55. The van der Waals surface area contributed by atoms with Gasteiger partial charge >= 0.3 is 5.63 Å². The first-order valence-corrected chi connectivity index (χ1v) is 7.35. The van der Waals surface area contributed by atoms with E-state index in [9.17, 15) is 9.90 Å². The third kappa shape index (κ3) is 2.54. The summed E-state index contributed by atoms with van der Waals surface area (Å²) in [5.74, 6) is 0.910. The topological polar surface area (TPSA) is 53.7 Å². The maximum absolute atomic E-state index is 12.0. The molecule has 1 aliphatic heterocycles. The molecule has 1 aliphatic carbocycles. The largest absolute Gasteiger partial charge is 0.507 e. The molecule has 1 fully saturated rings. The highest BCUT2D eigenvalue weighted by molar-refractivity contribution is 5.41. The van der Waals surface area contributed by atoms with Gasteiger partial charge in [-0.2, -0.15) is 0 Å². The van der Waals surface area contributed by atoms with E-state index in [0.29, 0.717) is 17.9 Å². The van der Waals surface area contributed by atoms with Crippen LogP contribution in [0.15, 0.2) is 9.21 Å². The zero-order chi connectivity index (χ0) is 13.2. The zero-order valence-corrected chi connectivity index (χ0v) is 11.3. The van der Waals surface area contributed by atoms with Gasteiger partial charge in [0.05, 0.1) is 5.56 Å². The Balaban J connectivity index is 1.90. The predicted octanol–water partition coefficient (Wildman–Crippen LogP) is 2.21. The van der Waals surface area contributed by atoms with E-state index in [0.717, 1.165) is 44.3 Å². The minimum atomic E-state index is -0.344. The molecular weight excluding hydrogens is 242 g/mol. The molecule has 2 aliphatic rings. The Bertz CT molecular complexity index is 515. The molecule has 0 saturated carbocycles. The van der Waals surface area contributed by atoms with Gasteiger partial charge in [-0.05, 0) is 45.2 Å². The van der Waals surface area contributed by atoms with Gasteiger partial charge in [0.15, 0.2) is 0 Å². The van der Waals surface area contributed by atoms with Gasteiger partial charge in [-0.25, -0.2) is 4.79 Å². The standard InChI is InChI=1S/C15H21NO3/c17-14-11-6-2-3-7-13(11)19-15(18)12(14)10-16-8-4-1-5-9-16/h17H,1-10H2. The van der Waals surface area contributed by atoms with Crippen molar-refractivity contribution in [3.05, 3.63) is 27.3 Å². The van der Waals surface area contributed by atoms with Crippen LogP contribution in [0, 0.1) is 0 Å². The van der Waals surface area contributed by atoms with Crippen molar-refractivity contribution >= 4 is 0 Å². The fourth-order valence-corrected chi connectivity index (χ4v) is 3.17. The van der Waals surface area contributed by atoms with Crippen LogP contribution in [-0.2, 0) is 19.4 Å². The van der Waals surface area contributed by atoms with Crippen LogP contribution in [0.1, 0.15) is 49.0 Å². The summed E-state index contributed by atoms with van der Waals surface area (Å²) in [4.78, 5) is 14.3. The van der Waals surface area contributed by atoms with Gasteiger partial charge in [0, 0.05) is 18.5 Å². The Hall–Kier alpha value is -1.29. The summed E-state index contributed by atoms with van der Waals surface area (Å²) in [6.07, 6.45) is 7.34. The lowest BCUT2D eigenvalue weighted by Crippen LogP contribution is -2.31. The number of aromatic hydroxyl groups is 1. The maximum Gasteiger partial charge on any atom is 0.344 e. The normalized spacial score (nSPS) is 20.2. The zero-order valence-electron chi connectivity index (χ0n) is 11.3. The van der Waals surface area contributed by atoms with Gasteiger partial charge in [0.1, 0.15) is 11.5 Å². The second-order valence-corrected chi connectivity index (χ2v) is 5.66. The SMILES string of the molecule is O=c1oc2c(c(O)c1CN1CCCCC1)CCCC2. The van der Waals surface area contributed by atoms with E-state index in [1.807, 2.05) is 0 Å². The molecule has 2 heterocycles. The molecule has 0 unspecified atom stereocenters. The summed E-state index contributed by atoms with van der Waals surface area (Å²) in [5, 5.41) is 10.4. The average Bonchev–Trinajstić information content (AvgIpc) is 2.45. The van der Waals surface area contributed by atoms with E-state index in [1.165, 1.54) is 19.3 Å². The molecule has 1 aromatic heterocycles. The minimum Gasteiger partial charge on any atom is -0.507 e. The fraction of sp³-hybridized carbons (Fsp3) is 0.667. The van der Waals surface area contributed by atoms with E-state index in [2.05, 4.69) is 4.90 Å². The number of fused-ring (bicyclic) bond motifs is 1. The third-order valence-corrected chi connectivity index (χ3v) is 4.28. The molecule has 0 bridgehead atoms. The smallest absolute Gasteiger partial charge is 0.344 e. The fourth-order valence-electron chi connectivity index (χ4n) is 3.17. The number of rotatable bonds is 2. The van der Waals surface area contributed by atoms with Crippen molar-refractivity contribution in [1.29, 1.82) is 0 Å². The lowest BCUT2D eigenvalue weighted by Gasteiger charge is -2.26. The quantitative estimate of drug-likeness (QED) is 0.889. The summed E-state index contributed by atoms with van der Waals surface area (Å²) in [7, 11) is 0. The predicted molar refractivity (Wildman–Crippen MR) is 72.4 cm³/mol. The number of aryl methyl sites for hydroxylation is 1. The Morgan fingerprint density at radius 1 is 1.05 bits per heavy atom. The van der Waals surface area contributed by atoms with Crippen LogP contribution in [0.5, 0.6) is 5.75 Å². The number of piperidine rings is 1. The highest BCUT2D eigenvalue weighted by Crippen LogP contribution is 2.30. The van der Waals surface area contributed by atoms with Gasteiger partial charge < -0.3 is 9.52 Å². The molecule has 4 nitrogen and oxygen atoms in total. The lowest BCUT2D eigenvalue weighted by molar-refractivity contribution is 0.214. The molecule has 1 saturated heterocycles. The Kier molecular flexibility index (Phi) is 3.60. The van der Waals surface area contributed by atoms with E-state index in [-0.39, 0.29) is 11.4 Å². The van der Waals surface area contributed by atoms with Crippen molar-refractivity contribution in [2.75, 3.05) is 13.1 Å². The molecule has 0 spiro atoms. The molecule has 1 aromatic rings. The van der Waals surface area contributed by atoms with Gasteiger partial charge in [0.2, 0.25) is 0 Å². The second kappa shape index (κ2) is 5.37. The van der Waals surface area contributed by atoms with Crippen LogP contribution in [0.2, 0.25) is 0 Å². The Labute approximate surface area is 113 Å². The van der Waals surface area contributed by atoms with Crippen molar-refractivity contribution in [3.63, 3.8) is 0 Å². The van der Waals surface area contributed by atoms with Crippen molar-refractivity contribution in [2.45, 2.75) is 51.5 Å². The van der Waals surface area contributed by atoms with Gasteiger partial charge in [-0.15, -0.1) is 0 Å². The highest BCUT2D eigenvalue weighted by atomic mass is 16.4. The van der Waals surface area contributed by atoms with Crippen LogP contribution in [0.3, 0.4) is 0 Å². The van der Waals surface area contributed by atoms with Crippen LogP contribution < -0.4 is 5.63 Å². The summed E-state index contributed by atoms with van der Waals surface area (Å²) in [6, 6.07) is 0. The maximum atomic E-state index is 12.0. The third-order valence-electron chi connectivity index (χ3n) is 4.28. The van der Waals surface area contributed by atoms with Gasteiger partial charge in [0.25, 0.3) is 0 Å². The number of hydrogen-bond donors (Lipinski definition) is 1. The van der Waals surface area contributed by atoms with Crippen LogP contribution >= 0.6 is 0 Å².